The third-order valence-corrected chi connectivity index (χ3v) is 5.10. The van der Waals surface area contributed by atoms with Crippen LogP contribution in [0.1, 0.15) is 31.7 Å². The Hall–Kier alpha value is -2.11. The molecule has 2 atom stereocenters. The topological polar surface area (TPSA) is 51.5 Å². The van der Waals surface area contributed by atoms with E-state index in [9.17, 15) is 0 Å². The number of hydrogen-bond acceptors (Lipinski definition) is 4. The first kappa shape index (κ1) is 17.3. The summed E-state index contributed by atoms with van der Waals surface area (Å²) in [6.45, 7) is 8.91. The SMILES string of the molecule is Cc1cc(-c2ccc(OC[C@]3(C)CC(C)N3)c(Cl)c2)n2nc(C)cc2n1. The first-order valence-corrected chi connectivity index (χ1v) is 9.25. The summed E-state index contributed by atoms with van der Waals surface area (Å²) in [6.07, 6.45) is 1.11. The summed E-state index contributed by atoms with van der Waals surface area (Å²) in [5, 5.41) is 8.64. The molecule has 0 radical (unpaired) electrons. The van der Waals surface area contributed by atoms with Crippen LogP contribution in [0.25, 0.3) is 16.9 Å². The summed E-state index contributed by atoms with van der Waals surface area (Å²) in [6, 6.07) is 10.4. The second-order valence-corrected chi connectivity index (χ2v) is 7.99. The average molecular weight is 371 g/mol. The standard InChI is InChI=1S/C20H23ClN4O/c1-12-7-17(25-19(22-12)8-13(2)24-25)15-5-6-18(16(21)9-15)26-11-20(4)10-14(3)23-20/h5-9,14,23H,10-11H2,1-4H3/t14?,20-/m0/s1. The lowest BCUT2D eigenvalue weighted by molar-refractivity contribution is 0.0952. The van der Waals surface area contributed by atoms with Gasteiger partial charge in [-0.3, -0.25) is 0 Å². The Morgan fingerprint density at radius 1 is 1.27 bits per heavy atom. The zero-order chi connectivity index (χ0) is 18.5. The molecule has 4 rings (SSSR count). The molecule has 0 saturated carbocycles. The summed E-state index contributed by atoms with van der Waals surface area (Å²) in [4.78, 5) is 4.54. The van der Waals surface area contributed by atoms with E-state index >= 15 is 0 Å². The summed E-state index contributed by atoms with van der Waals surface area (Å²) in [5.41, 5.74) is 4.71. The first-order chi connectivity index (χ1) is 12.3. The van der Waals surface area contributed by atoms with E-state index in [1.165, 1.54) is 0 Å². The predicted molar refractivity (Wildman–Crippen MR) is 104 cm³/mol. The van der Waals surface area contributed by atoms with E-state index < -0.39 is 0 Å². The van der Waals surface area contributed by atoms with Gasteiger partial charge in [0, 0.05) is 23.4 Å². The zero-order valence-corrected chi connectivity index (χ0v) is 16.3. The Bertz CT molecular complexity index is 975. The molecular weight excluding hydrogens is 348 g/mol. The summed E-state index contributed by atoms with van der Waals surface area (Å²) in [7, 11) is 0. The molecule has 1 saturated heterocycles. The molecule has 1 aliphatic heterocycles. The molecule has 3 aromatic rings. The smallest absolute Gasteiger partial charge is 0.156 e. The van der Waals surface area contributed by atoms with Gasteiger partial charge in [0.1, 0.15) is 12.4 Å². The van der Waals surface area contributed by atoms with Gasteiger partial charge < -0.3 is 10.1 Å². The number of nitrogens with one attached hydrogen (secondary N) is 1. The van der Waals surface area contributed by atoms with Gasteiger partial charge >= 0.3 is 0 Å². The van der Waals surface area contributed by atoms with Gasteiger partial charge in [-0.25, -0.2) is 9.50 Å². The third-order valence-electron chi connectivity index (χ3n) is 4.80. The highest BCUT2D eigenvalue weighted by Gasteiger charge is 2.37. The highest BCUT2D eigenvalue weighted by Crippen LogP contribution is 2.32. The Kier molecular flexibility index (Phi) is 4.16. The Labute approximate surface area is 158 Å². The highest BCUT2D eigenvalue weighted by atomic mass is 35.5. The normalized spacial score (nSPS) is 22.4. The lowest BCUT2D eigenvalue weighted by Crippen LogP contribution is -2.63. The average Bonchev–Trinajstić information content (AvgIpc) is 2.91. The van der Waals surface area contributed by atoms with E-state index in [1.54, 1.807) is 0 Å². The van der Waals surface area contributed by atoms with Crippen molar-refractivity contribution in [1.82, 2.24) is 19.9 Å². The number of nitrogens with zero attached hydrogens (tertiary/aromatic N) is 3. The number of hydrogen-bond donors (Lipinski definition) is 1. The van der Waals surface area contributed by atoms with Gasteiger partial charge in [-0.05, 0) is 58.4 Å². The maximum absolute atomic E-state index is 6.50. The van der Waals surface area contributed by atoms with E-state index in [4.69, 9.17) is 16.3 Å². The number of aromatic nitrogens is 3. The molecule has 1 aromatic carbocycles. The molecule has 1 aliphatic rings. The van der Waals surface area contributed by atoms with Crippen molar-refractivity contribution in [2.45, 2.75) is 45.7 Å². The molecule has 1 N–H and O–H groups in total. The quantitative estimate of drug-likeness (QED) is 0.748. The first-order valence-electron chi connectivity index (χ1n) is 8.87. The summed E-state index contributed by atoms with van der Waals surface area (Å²) < 4.78 is 7.83. The number of ether oxygens (including phenoxy) is 1. The molecular formula is C20H23ClN4O. The van der Waals surface area contributed by atoms with Gasteiger partial charge in [0.2, 0.25) is 0 Å². The van der Waals surface area contributed by atoms with Crippen LogP contribution >= 0.6 is 11.6 Å². The van der Waals surface area contributed by atoms with E-state index in [0.717, 1.165) is 34.7 Å². The maximum Gasteiger partial charge on any atom is 0.156 e. The van der Waals surface area contributed by atoms with E-state index in [0.29, 0.717) is 23.4 Å². The Balaban J connectivity index is 1.62. The van der Waals surface area contributed by atoms with Crippen molar-refractivity contribution in [3.8, 4) is 17.0 Å². The number of aryl methyl sites for hydroxylation is 2. The zero-order valence-electron chi connectivity index (χ0n) is 15.5. The van der Waals surface area contributed by atoms with Gasteiger partial charge in [0.05, 0.1) is 21.9 Å². The lowest BCUT2D eigenvalue weighted by atomic mass is 9.85. The van der Waals surface area contributed by atoms with Crippen LogP contribution in [0.3, 0.4) is 0 Å². The molecule has 0 amide bonds. The number of halogens is 1. The van der Waals surface area contributed by atoms with Gasteiger partial charge in [-0.2, -0.15) is 5.10 Å². The van der Waals surface area contributed by atoms with Crippen molar-refractivity contribution in [3.63, 3.8) is 0 Å². The number of fused-ring (bicyclic) bond motifs is 1. The number of benzene rings is 1. The van der Waals surface area contributed by atoms with Crippen molar-refractivity contribution in [2.24, 2.45) is 0 Å². The van der Waals surface area contributed by atoms with Crippen molar-refractivity contribution in [2.75, 3.05) is 6.61 Å². The molecule has 0 bridgehead atoms. The van der Waals surface area contributed by atoms with E-state index in [-0.39, 0.29) is 5.54 Å². The fourth-order valence-electron chi connectivity index (χ4n) is 3.78. The monoisotopic (exact) mass is 370 g/mol. The van der Waals surface area contributed by atoms with Crippen molar-refractivity contribution >= 4 is 17.2 Å². The van der Waals surface area contributed by atoms with Crippen LogP contribution < -0.4 is 10.1 Å². The van der Waals surface area contributed by atoms with Crippen LogP contribution in [0, 0.1) is 13.8 Å². The molecule has 6 heteroatoms. The maximum atomic E-state index is 6.50. The molecule has 5 nitrogen and oxygen atoms in total. The van der Waals surface area contributed by atoms with Crippen LogP contribution in [0.15, 0.2) is 30.3 Å². The molecule has 26 heavy (non-hydrogen) atoms. The molecule has 1 fully saturated rings. The minimum absolute atomic E-state index is 0.0301. The van der Waals surface area contributed by atoms with Crippen LogP contribution in [0.4, 0.5) is 0 Å². The van der Waals surface area contributed by atoms with Crippen LogP contribution in [0.2, 0.25) is 5.02 Å². The molecule has 136 valence electrons. The molecule has 0 aliphatic carbocycles. The van der Waals surface area contributed by atoms with Gasteiger partial charge in [0.25, 0.3) is 0 Å². The highest BCUT2D eigenvalue weighted by molar-refractivity contribution is 6.32. The van der Waals surface area contributed by atoms with Crippen LogP contribution in [-0.2, 0) is 0 Å². The van der Waals surface area contributed by atoms with E-state index in [1.807, 2.05) is 48.7 Å². The van der Waals surface area contributed by atoms with Crippen LogP contribution in [-0.4, -0.2) is 32.8 Å². The minimum Gasteiger partial charge on any atom is -0.490 e. The molecule has 2 aromatic heterocycles. The predicted octanol–water partition coefficient (Wildman–Crippen LogP) is 4.19. The molecule has 3 heterocycles. The van der Waals surface area contributed by atoms with Crippen molar-refractivity contribution in [3.05, 3.63) is 46.7 Å². The fourth-order valence-corrected chi connectivity index (χ4v) is 4.02. The summed E-state index contributed by atoms with van der Waals surface area (Å²) in [5.74, 6) is 0.705. The second-order valence-electron chi connectivity index (χ2n) is 7.58. The van der Waals surface area contributed by atoms with Crippen molar-refractivity contribution < 1.29 is 4.74 Å². The van der Waals surface area contributed by atoms with Gasteiger partial charge in [-0.1, -0.05) is 11.6 Å². The fraction of sp³-hybridized carbons (Fsp3) is 0.400. The van der Waals surface area contributed by atoms with Crippen molar-refractivity contribution in [1.29, 1.82) is 0 Å². The largest absolute Gasteiger partial charge is 0.490 e. The minimum atomic E-state index is 0.0301. The number of rotatable bonds is 4. The van der Waals surface area contributed by atoms with E-state index in [2.05, 4.69) is 29.2 Å². The van der Waals surface area contributed by atoms with Gasteiger partial charge in [-0.15, -0.1) is 0 Å². The van der Waals surface area contributed by atoms with Gasteiger partial charge in [0.15, 0.2) is 5.65 Å². The summed E-state index contributed by atoms with van der Waals surface area (Å²) >= 11 is 6.50. The molecule has 1 unspecified atom stereocenters. The third kappa shape index (κ3) is 3.17. The Morgan fingerprint density at radius 3 is 2.73 bits per heavy atom. The molecule has 0 spiro atoms. The second kappa shape index (κ2) is 6.25. The Morgan fingerprint density at radius 2 is 2.04 bits per heavy atom. The van der Waals surface area contributed by atoms with Crippen LogP contribution in [0.5, 0.6) is 5.75 Å². The lowest BCUT2D eigenvalue weighted by Gasteiger charge is -2.45.